The third-order valence-corrected chi connectivity index (χ3v) is 6.94. The maximum absolute atomic E-state index is 11.2. The van der Waals surface area contributed by atoms with E-state index in [1.807, 2.05) is 10.8 Å². The molecule has 3 nitrogen and oxygen atoms in total. The molecule has 0 saturated heterocycles. The van der Waals surface area contributed by atoms with Crippen LogP contribution in [0.15, 0.2) is 42.7 Å². The Morgan fingerprint density at radius 1 is 1.04 bits per heavy atom. The number of carbonyl (C=O) groups is 1. The number of carboxylic acids is 1. The van der Waals surface area contributed by atoms with Crippen LogP contribution in [0.5, 0.6) is 0 Å². The summed E-state index contributed by atoms with van der Waals surface area (Å²) in [5.41, 5.74) is 3.36. The first kappa shape index (κ1) is 15.2. The lowest BCUT2D eigenvalue weighted by atomic mass is 9.48. The minimum absolute atomic E-state index is 0.351. The lowest BCUT2D eigenvalue weighted by Crippen LogP contribution is -2.47. The molecule has 4 fully saturated rings. The Labute approximate surface area is 148 Å². The molecule has 1 aromatic carbocycles. The maximum atomic E-state index is 11.2. The Balaban J connectivity index is 1.48. The summed E-state index contributed by atoms with van der Waals surface area (Å²) < 4.78 is 1.99. The van der Waals surface area contributed by atoms with E-state index < -0.39 is 5.97 Å². The van der Waals surface area contributed by atoms with Crippen LogP contribution in [0.2, 0.25) is 0 Å². The van der Waals surface area contributed by atoms with Gasteiger partial charge in [-0.3, -0.25) is 0 Å². The highest BCUT2D eigenvalue weighted by atomic mass is 16.4. The molecule has 0 unspecified atom stereocenters. The summed E-state index contributed by atoms with van der Waals surface area (Å²) in [4.78, 5) is 11.2. The predicted molar refractivity (Wildman–Crippen MR) is 97.0 cm³/mol. The van der Waals surface area contributed by atoms with Crippen molar-refractivity contribution in [2.75, 3.05) is 0 Å². The molecule has 4 aliphatic rings. The third kappa shape index (κ3) is 2.61. The monoisotopic (exact) mass is 335 g/mol. The van der Waals surface area contributed by atoms with Gasteiger partial charge in [-0.2, -0.15) is 0 Å². The molecule has 4 bridgehead atoms. The molecule has 130 valence electrons. The van der Waals surface area contributed by atoms with E-state index >= 15 is 0 Å². The van der Waals surface area contributed by atoms with Crippen LogP contribution in [0.25, 0.3) is 5.69 Å². The molecule has 25 heavy (non-hydrogen) atoms. The number of rotatable bonds is 4. The summed E-state index contributed by atoms with van der Waals surface area (Å²) in [6, 6.07) is 10.2. The average Bonchev–Trinajstić information content (AvgIpc) is 3.03. The van der Waals surface area contributed by atoms with Crippen molar-refractivity contribution >= 4 is 5.97 Å². The quantitative estimate of drug-likeness (QED) is 0.860. The van der Waals surface area contributed by atoms with Gasteiger partial charge in [0.1, 0.15) is 0 Å². The van der Waals surface area contributed by atoms with Crippen molar-refractivity contribution in [1.82, 2.24) is 4.57 Å². The smallest absolute Gasteiger partial charge is 0.337 e. The number of benzene rings is 1. The zero-order valence-corrected chi connectivity index (χ0v) is 14.5. The van der Waals surface area contributed by atoms with Crippen molar-refractivity contribution in [2.45, 2.75) is 44.9 Å². The van der Waals surface area contributed by atoms with Crippen molar-refractivity contribution in [3.05, 3.63) is 53.9 Å². The van der Waals surface area contributed by atoms with Gasteiger partial charge in [0, 0.05) is 18.1 Å². The van der Waals surface area contributed by atoms with E-state index in [-0.39, 0.29) is 0 Å². The molecule has 6 rings (SSSR count). The first-order valence-electron chi connectivity index (χ1n) is 9.60. The molecule has 4 saturated carbocycles. The van der Waals surface area contributed by atoms with Crippen molar-refractivity contribution in [1.29, 1.82) is 0 Å². The summed E-state index contributed by atoms with van der Waals surface area (Å²) in [6.45, 7) is 0. The van der Waals surface area contributed by atoms with Gasteiger partial charge < -0.3 is 9.67 Å². The molecule has 0 spiro atoms. The summed E-state index contributed by atoms with van der Waals surface area (Å²) in [5, 5.41) is 9.21. The second kappa shape index (κ2) is 5.48. The molecule has 0 radical (unpaired) electrons. The Morgan fingerprint density at radius 2 is 1.68 bits per heavy atom. The van der Waals surface area contributed by atoms with E-state index in [4.69, 9.17) is 0 Å². The van der Waals surface area contributed by atoms with E-state index in [1.165, 1.54) is 44.1 Å². The fourth-order valence-corrected chi connectivity index (χ4v) is 6.50. The fourth-order valence-electron chi connectivity index (χ4n) is 6.50. The number of aromatic carboxylic acids is 1. The highest BCUT2D eigenvalue weighted by Crippen LogP contribution is 2.61. The molecule has 0 aliphatic heterocycles. The van der Waals surface area contributed by atoms with E-state index in [2.05, 4.69) is 24.3 Å². The zero-order chi connectivity index (χ0) is 17.0. The number of nitrogens with zero attached hydrogens (tertiary/aromatic N) is 1. The number of aromatic nitrogens is 1. The Bertz CT molecular complexity index is 784. The lowest BCUT2D eigenvalue weighted by Gasteiger charge is -2.57. The Kier molecular flexibility index (Phi) is 3.34. The van der Waals surface area contributed by atoms with Gasteiger partial charge in [0.05, 0.1) is 5.56 Å². The Hall–Kier alpha value is -2.03. The average molecular weight is 335 g/mol. The van der Waals surface area contributed by atoms with E-state index in [0.29, 0.717) is 11.0 Å². The van der Waals surface area contributed by atoms with E-state index in [0.717, 1.165) is 29.9 Å². The normalized spacial score (nSPS) is 32.9. The lowest BCUT2D eigenvalue weighted by molar-refractivity contribution is -0.0521. The largest absolute Gasteiger partial charge is 0.478 e. The number of carboxylic acid groups (broad SMARTS) is 1. The van der Waals surface area contributed by atoms with Crippen LogP contribution < -0.4 is 0 Å². The third-order valence-electron chi connectivity index (χ3n) is 6.94. The standard InChI is InChI=1S/C22H25NO2/c24-21(25)19-5-6-23(14-19)20-4-2-1-3-18(20)13-22-10-15-7-16(11-22)9-17(8-15)12-22/h1-6,14-17H,7-13H2,(H,24,25). The highest BCUT2D eigenvalue weighted by Gasteiger charge is 2.50. The van der Waals surface area contributed by atoms with Gasteiger partial charge >= 0.3 is 5.97 Å². The molecule has 4 aliphatic carbocycles. The minimum atomic E-state index is -0.864. The number of hydrogen-bond acceptors (Lipinski definition) is 1. The molecular formula is C22H25NO2. The number of para-hydroxylation sites is 1. The number of hydrogen-bond donors (Lipinski definition) is 1. The summed E-state index contributed by atoms with van der Waals surface area (Å²) in [5.74, 6) is 2.02. The molecular weight excluding hydrogens is 310 g/mol. The SMILES string of the molecule is O=C(O)c1ccn(-c2ccccc2CC23CC4CC(CC(C4)C2)C3)c1. The van der Waals surface area contributed by atoms with Crippen LogP contribution in [0.1, 0.15) is 54.4 Å². The van der Waals surface area contributed by atoms with Crippen molar-refractivity contribution in [2.24, 2.45) is 23.2 Å². The van der Waals surface area contributed by atoms with Gasteiger partial charge in [-0.1, -0.05) is 18.2 Å². The molecule has 2 aromatic rings. The zero-order valence-electron chi connectivity index (χ0n) is 14.5. The van der Waals surface area contributed by atoms with Gasteiger partial charge in [-0.25, -0.2) is 4.79 Å². The Morgan fingerprint density at radius 3 is 2.28 bits per heavy atom. The second-order valence-corrected chi connectivity index (χ2v) is 8.84. The first-order chi connectivity index (χ1) is 12.1. The molecule has 0 atom stereocenters. The molecule has 3 heteroatoms. The van der Waals surface area contributed by atoms with Gasteiger partial charge in [-0.05, 0) is 85.8 Å². The van der Waals surface area contributed by atoms with Gasteiger partial charge in [0.25, 0.3) is 0 Å². The molecule has 1 heterocycles. The van der Waals surface area contributed by atoms with Crippen molar-refractivity contribution < 1.29 is 9.90 Å². The van der Waals surface area contributed by atoms with Gasteiger partial charge in [0.2, 0.25) is 0 Å². The molecule has 0 amide bonds. The fraction of sp³-hybridized carbons (Fsp3) is 0.500. The second-order valence-electron chi connectivity index (χ2n) is 8.84. The van der Waals surface area contributed by atoms with Crippen LogP contribution in [-0.2, 0) is 6.42 Å². The van der Waals surface area contributed by atoms with E-state index in [1.54, 1.807) is 12.3 Å². The topological polar surface area (TPSA) is 42.2 Å². The van der Waals surface area contributed by atoms with Gasteiger partial charge in [-0.15, -0.1) is 0 Å². The first-order valence-corrected chi connectivity index (χ1v) is 9.60. The van der Waals surface area contributed by atoms with Crippen molar-refractivity contribution in [3.63, 3.8) is 0 Å². The highest BCUT2D eigenvalue weighted by molar-refractivity contribution is 5.87. The van der Waals surface area contributed by atoms with Crippen LogP contribution in [0, 0.1) is 23.2 Å². The summed E-state index contributed by atoms with van der Waals surface area (Å²) in [7, 11) is 0. The molecule has 1 N–H and O–H groups in total. The van der Waals surface area contributed by atoms with E-state index in [9.17, 15) is 9.90 Å². The van der Waals surface area contributed by atoms with Crippen LogP contribution in [-0.4, -0.2) is 15.6 Å². The summed E-state index contributed by atoms with van der Waals surface area (Å²) >= 11 is 0. The minimum Gasteiger partial charge on any atom is -0.478 e. The summed E-state index contributed by atoms with van der Waals surface area (Å²) in [6.07, 6.45) is 13.4. The van der Waals surface area contributed by atoms with Crippen LogP contribution in [0.4, 0.5) is 0 Å². The van der Waals surface area contributed by atoms with Gasteiger partial charge in [0.15, 0.2) is 0 Å². The maximum Gasteiger partial charge on any atom is 0.337 e. The van der Waals surface area contributed by atoms with Crippen LogP contribution >= 0.6 is 0 Å². The molecule has 1 aromatic heterocycles. The predicted octanol–water partition coefficient (Wildman–Crippen LogP) is 4.93. The van der Waals surface area contributed by atoms with Crippen LogP contribution in [0.3, 0.4) is 0 Å². The van der Waals surface area contributed by atoms with Crippen molar-refractivity contribution in [3.8, 4) is 5.69 Å².